The number of hydrogen-bond donors (Lipinski definition) is 2. The second kappa shape index (κ2) is 5.07. The third kappa shape index (κ3) is 3.45. The lowest BCUT2D eigenvalue weighted by Gasteiger charge is -2.23. The second-order valence-electron chi connectivity index (χ2n) is 5.91. The normalized spacial score (nSPS) is 19.2. The quantitative estimate of drug-likeness (QED) is 0.747. The summed E-state index contributed by atoms with van der Waals surface area (Å²) in [5.41, 5.74) is -0.281. The molecular formula is C13H23NO3. The molecule has 0 aromatic heterocycles. The van der Waals surface area contributed by atoms with Crippen molar-refractivity contribution in [2.75, 3.05) is 0 Å². The van der Waals surface area contributed by atoms with E-state index in [1.807, 2.05) is 0 Å². The van der Waals surface area contributed by atoms with Crippen molar-refractivity contribution in [2.45, 2.75) is 53.0 Å². The summed E-state index contributed by atoms with van der Waals surface area (Å²) in [6.45, 7) is 7.79. The lowest BCUT2D eigenvalue weighted by Crippen LogP contribution is -2.47. The van der Waals surface area contributed by atoms with Gasteiger partial charge in [-0.05, 0) is 31.1 Å². The van der Waals surface area contributed by atoms with Gasteiger partial charge in [0, 0.05) is 5.41 Å². The van der Waals surface area contributed by atoms with Gasteiger partial charge in [0.15, 0.2) is 0 Å². The first-order valence-electron chi connectivity index (χ1n) is 6.32. The summed E-state index contributed by atoms with van der Waals surface area (Å²) in [6.07, 6.45) is 2.63. The summed E-state index contributed by atoms with van der Waals surface area (Å²) in [6, 6.07) is -0.771. The molecule has 98 valence electrons. The fourth-order valence-corrected chi connectivity index (χ4v) is 2.26. The Labute approximate surface area is 103 Å². The predicted molar refractivity (Wildman–Crippen MR) is 65.5 cm³/mol. The Kier molecular flexibility index (Phi) is 4.17. The van der Waals surface area contributed by atoms with Crippen molar-refractivity contribution in [3.05, 3.63) is 0 Å². The minimum absolute atomic E-state index is 0.0766. The lowest BCUT2D eigenvalue weighted by atomic mass is 9.92. The number of aliphatic carboxylic acids is 1. The van der Waals surface area contributed by atoms with Crippen LogP contribution in [-0.2, 0) is 9.59 Å². The monoisotopic (exact) mass is 241 g/mol. The van der Waals surface area contributed by atoms with Crippen LogP contribution in [0.25, 0.3) is 0 Å². The molecule has 4 heteroatoms. The largest absolute Gasteiger partial charge is 0.480 e. The number of nitrogens with one attached hydrogen (secondary N) is 1. The summed E-state index contributed by atoms with van der Waals surface area (Å²) >= 11 is 0. The Morgan fingerprint density at radius 1 is 1.24 bits per heavy atom. The maximum absolute atomic E-state index is 12.1. The Morgan fingerprint density at radius 3 is 2.06 bits per heavy atom. The first-order chi connectivity index (χ1) is 7.78. The number of carbonyl (C=O) groups is 2. The van der Waals surface area contributed by atoms with E-state index in [1.165, 1.54) is 0 Å². The van der Waals surface area contributed by atoms with Gasteiger partial charge in [0.2, 0.25) is 5.91 Å². The molecule has 1 aliphatic rings. The Morgan fingerprint density at radius 2 is 1.76 bits per heavy atom. The van der Waals surface area contributed by atoms with E-state index in [2.05, 4.69) is 19.2 Å². The van der Waals surface area contributed by atoms with Gasteiger partial charge in [0.25, 0.3) is 0 Å². The first kappa shape index (κ1) is 14.0. The van der Waals surface area contributed by atoms with Gasteiger partial charge < -0.3 is 10.4 Å². The molecule has 0 aromatic rings. The van der Waals surface area contributed by atoms with E-state index >= 15 is 0 Å². The van der Waals surface area contributed by atoms with E-state index in [1.54, 1.807) is 13.8 Å². The zero-order chi connectivity index (χ0) is 13.2. The van der Waals surface area contributed by atoms with Crippen LogP contribution in [0.4, 0.5) is 0 Å². The lowest BCUT2D eigenvalue weighted by molar-refractivity contribution is -0.144. The van der Waals surface area contributed by atoms with Crippen molar-refractivity contribution < 1.29 is 14.7 Å². The molecule has 1 amide bonds. The van der Waals surface area contributed by atoms with Crippen molar-refractivity contribution in [1.82, 2.24) is 5.32 Å². The van der Waals surface area contributed by atoms with Gasteiger partial charge in [0.1, 0.15) is 6.04 Å². The number of carbonyl (C=O) groups excluding carboxylic acids is 1. The van der Waals surface area contributed by atoms with E-state index in [4.69, 9.17) is 5.11 Å². The highest BCUT2D eigenvalue weighted by Gasteiger charge is 2.50. The van der Waals surface area contributed by atoms with Crippen LogP contribution >= 0.6 is 0 Å². The average molecular weight is 241 g/mol. The summed E-state index contributed by atoms with van der Waals surface area (Å²) < 4.78 is 0. The molecule has 1 unspecified atom stereocenters. The molecule has 17 heavy (non-hydrogen) atoms. The summed E-state index contributed by atoms with van der Waals surface area (Å²) in [5.74, 6) is -0.655. The molecule has 0 bridgehead atoms. The molecule has 0 aliphatic heterocycles. The van der Waals surface area contributed by atoms with E-state index in [9.17, 15) is 9.59 Å². The number of carboxylic acid groups (broad SMARTS) is 1. The number of hydrogen-bond acceptors (Lipinski definition) is 2. The van der Waals surface area contributed by atoms with Crippen LogP contribution in [0.1, 0.15) is 47.0 Å². The first-order valence-corrected chi connectivity index (χ1v) is 6.32. The predicted octanol–water partition coefficient (Wildman–Crippen LogP) is 2.04. The molecule has 1 saturated carbocycles. The second-order valence-corrected chi connectivity index (χ2v) is 5.91. The number of amides is 1. The summed E-state index contributed by atoms with van der Waals surface area (Å²) in [7, 11) is 0. The molecule has 4 nitrogen and oxygen atoms in total. The molecule has 1 aliphatic carbocycles. The minimum atomic E-state index is -0.950. The Hall–Kier alpha value is -1.06. The van der Waals surface area contributed by atoms with E-state index in [0.717, 1.165) is 19.3 Å². The molecule has 0 saturated heterocycles. The SMILES string of the molecule is CC(C)CC1(C(=O)NC(C(=O)O)C(C)C)CC1. The Bertz CT molecular complexity index is 306. The van der Waals surface area contributed by atoms with E-state index < -0.39 is 12.0 Å². The van der Waals surface area contributed by atoms with Gasteiger partial charge in [-0.15, -0.1) is 0 Å². The topological polar surface area (TPSA) is 66.4 Å². The highest BCUT2D eigenvalue weighted by Crippen LogP contribution is 2.50. The zero-order valence-electron chi connectivity index (χ0n) is 11.1. The molecule has 0 radical (unpaired) electrons. The summed E-state index contributed by atoms with van der Waals surface area (Å²) in [5, 5.41) is 11.7. The van der Waals surface area contributed by atoms with Crippen molar-refractivity contribution in [3.8, 4) is 0 Å². The standard InChI is InChI=1S/C13H23NO3/c1-8(2)7-13(5-6-13)12(17)14-10(9(3)4)11(15)16/h8-10H,5-7H2,1-4H3,(H,14,17)(H,15,16). The van der Waals surface area contributed by atoms with Crippen molar-refractivity contribution in [1.29, 1.82) is 0 Å². The van der Waals surface area contributed by atoms with Crippen LogP contribution in [0.5, 0.6) is 0 Å². The van der Waals surface area contributed by atoms with Gasteiger partial charge >= 0.3 is 5.97 Å². The fraction of sp³-hybridized carbons (Fsp3) is 0.846. The third-order valence-corrected chi connectivity index (χ3v) is 3.35. The van der Waals surface area contributed by atoms with Crippen molar-refractivity contribution in [2.24, 2.45) is 17.3 Å². The molecular weight excluding hydrogens is 218 g/mol. The maximum atomic E-state index is 12.1. The molecule has 1 rings (SSSR count). The van der Waals surface area contributed by atoms with Crippen LogP contribution < -0.4 is 5.32 Å². The van der Waals surface area contributed by atoms with Crippen LogP contribution in [-0.4, -0.2) is 23.0 Å². The molecule has 0 aromatic carbocycles. The van der Waals surface area contributed by atoms with Gasteiger partial charge in [-0.2, -0.15) is 0 Å². The highest BCUT2D eigenvalue weighted by atomic mass is 16.4. The number of carboxylic acids is 1. The van der Waals surface area contributed by atoms with Gasteiger partial charge in [-0.1, -0.05) is 27.7 Å². The van der Waals surface area contributed by atoms with Gasteiger partial charge in [0.05, 0.1) is 0 Å². The summed E-state index contributed by atoms with van der Waals surface area (Å²) in [4.78, 5) is 23.1. The third-order valence-electron chi connectivity index (χ3n) is 3.35. The molecule has 0 spiro atoms. The molecule has 1 atom stereocenters. The average Bonchev–Trinajstić information content (AvgIpc) is 2.92. The van der Waals surface area contributed by atoms with Crippen molar-refractivity contribution >= 4 is 11.9 Å². The van der Waals surface area contributed by atoms with Gasteiger partial charge in [-0.25, -0.2) is 4.79 Å². The zero-order valence-corrected chi connectivity index (χ0v) is 11.1. The van der Waals surface area contributed by atoms with Gasteiger partial charge in [-0.3, -0.25) is 4.79 Å². The van der Waals surface area contributed by atoms with Crippen LogP contribution in [0.2, 0.25) is 0 Å². The fourth-order valence-electron chi connectivity index (χ4n) is 2.26. The molecule has 0 heterocycles. The number of rotatable bonds is 6. The Balaban J connectivity index is 2.62. The molecule has 1 fully saturated rings. The van der Waals surface area contributed by atoms with Crippen molar-refractivity contribution in [3.63, 3.8) is 0 Å². The van der Waals surface area contributed by atoms with Crippen LogP contribution in [0.15, 0.2) is 0 Å². The van der Waals surface area contributed by atoms with Crippen LogP contribution in [0.3, 0.4) is 0 Å². The smallest absolute Gasteiger partial charge is 0.326 e. The highest BCUT2D eigenvalue weighted by molar-refractivity contribution is 5.89. The molecule has 2 N–H and O–H groups in total. The van der Waals surface area contributed by atoms with Crippen LogP contribution in [0, 0.1) is 17.3 Å². The van der Waals surface area contributed by atoms with E-state index in [-0.39, 0.29) is 17.2 Å². The maximum Gasteiger partial charge on any atom is 0.326 e. The minimum Gasteiger partial charge on any atom is -0.480 e. The van der Waals surface area contributed by atoms with E-state index in [0.29, 0.717) is 5.92 Å².